The maximum atomic E-state index is 14.0. The molecule has 2 aromatic rings. The highest BCUT2D eigenvalue weighted by Crippen LogP contribution is 2.33. The average molecular weight is 612 g/mol. The van der Waals surface area contributed by atoms with E-state index in [2.05, 4.69) is 20.5 Å². The number of ether oxygens (including phenoxy) is 1. The zero-order chi connectivity index (χ0) is 32.0. The molecule has 0 saturated carbocycles. The first-order valence-corrected chi connectivity index (χ1v) is 14.0. The lowest BCUT2D eigenvalue weighted by molar-refractivity contribution is -0.114. The Balaban J connectivity index is 1.55. The lowest BCUT2D eigenvalue weighted by Gasteiger charge is -2.19. The third kappa shape index (κ3) is 8.26. The van der Waals surface area contributed by atoms with Gasteiger partial charge in [0.1, 0.15) is 11.6 Å². The quantitative estimate of drug-likeness (QED) is 0.240. The van der Waals surface area contributed by atoms with Crippen molar-refractivity contribution in [3.8, 4) is 0 Å². The number of allylic oxidation sites excluding steroid dienone is 2. The van der Waals surface area contributed by atoms with Crippen LogP contribution >= 0.6 is 0 Å². The van der Waals surface area contributed by atoms with Crippen molar-refractivity contribution in [3.63, 3.8) is 0 Å². The second kappa shape index (κ2) is 13.8. The molecular formula is C31H36F3N7O3. The van der Waals surface area contributed by atoms with Crippen LogP contribution < -0.4 is 27.2 Å². The van der Waals surface area contributed by atoms with Gasteiger partial charge in [0, 0.05) is 54.7 Å². The summed E-state index contributed by atoms with van der Waals surface area (Å²) in [5.41, 5.74) is 7.99. The van der Waals surface area contributed by atoms with Gasteiger partial charge in [-0.25, -0.2) is 10.8 Å². The molecule has 0 atom stereocenters. The Kier molecular flexibility index (Phi) is 10.1. The summed E-state index contributed by atoms with van der Waals surface area (Å²) in [5.74, 6) is 6.15. The molecule has 4 rings (SSSR count). The number of alkyl halides is 3. The summed E-state index contributed by atoms with van der Waals surface area (Å²) in [4.78, 5) is 30.8. The van der Waals surface area contributed by atoms with Gasteiger partial charge < -0.3 is 21.1 Å². The number of hydrogen-bond donors (Lipinski definition) is 4. The van der Waals surface area contributed by atoms with Gasteiger partial charge in [0.15, 0.2) is 0 Å². The van der Waals surface area contributed by atoms with Crippen LogP contribution in [-0.4, -0.2) is 54.6 Å². The van der Waals surface area contributed by atoms with Gasteiger partial charge in [0.05, 0.1) is 24.1 Å². The number of hydrazine groups is 1. The standard InChI is InChI=1S/C31H36F3N7O3/c1-19-6-7-21(13-27(19)41(36)18-26(35)22-8-9-29(37-16-22)38-20(2)42)30(43)39-25-14-24(31(32,33)34)12-23(28(15-25)44-3)17-40-10-4-5-11-40/h6-9,12-14,16,18H,4-5,10-11,15,17,35-36H2,1-3H3,(H,39,43)(H,37,38,42)/b26-18-. The molecule has 2 heterocycles. The van der Waals surface area contributed by atoms with Crippen LogP contribution in [0.1, 0.15) is 47.7 Å². The zero-order valence-electron chi connectivity index (χ0n) is 24.8. The molecule has 1 aromatic heterocycles. The lowest BCUT2D eigenvalue weighted by atomic mass is 10.1. The van der Waals surface area contributed by atoms with E-state index in [-0.39, 0.29) is 29.3 Å². The molecule has 10 nitrogen and oxygen atoms in total. The van der Waals surface area contributed by atoms with Crippen LogP contribution in [0.3, 0.4) is 0 Å². The number of halogens is 3. The lowest BCUT2D eigenvalue weighted by Crippen LogP contribution is -2.28. The van der Waals surface area contributed by atoms with Gasteiger partial charge in [0.2, 0.25) is 5.91 Å². The van der Waals surface area contributed by atoms with Gasteiger partial charge in [-0.3, -0.25) is 19.5 Å². The van der Waals surface area contributed by atoms with Gasteiger partial charge in [-0.2, -0.15) is 13.2 Å². The van der Waals surface area contributed by atoms with Crippen molar-refractivity contribution < 1.29 is 27.5 Å². The van der Waals surface area contributed by atoms with Gasteiger partial charge >= 0.3 is 6.18 Å². The van der Waals surface area contributed by atoms with E-state index in [9.17, 15) is 22.8 Å². The molecule has 2 amide bonds. The van der Waals surface area contributed by atoms with Crippen molar-refractivity contribution in [2.45, 2.75) is 39.3 Å². The fraction of sp³-hybridized carbons (Fsp3) is 0.323. The third-order valence-corrected chi connectivity index (χ3v) is 7.24. The Morgan fingerprint density at radius 1 is 1.11 bits per heavy atom. The second-order valence-electron chi connectivity index (χ2n) is 10.6. The van der Waals surface area contributed by atoms with Crippen LogP contribution in [0.2, 0.25) is 0 Å². The number of carbonyl (C=O) groups excluding carboxylic acids is 2. The molecular weight excluding hydrogens is 575 g/mol. The van der Waals surface area contributed by atoms with Crippen LogP contribution in [0.5, 0.6) is 0 Å². The third-order valence-electron chi connectivity index (χ3n) is 7.24. The number of anilines is 2. The summed E-state index contributed by atoms with van der Waals surface area (Å²) in [5, 5.41) is 6.46. The Bertz CT molecular complexity index is 1520. The Hall–Kier alpha value is -4.62. The minimum absolute atomic E-state index is 0.0166. The molecule has 1 aromatic carbocycles. The molecule has 13 heteroatoms. The van der Waals surface area contributed by atoms with Crippen molar-refractivity contribution in [2.24, 2.45) is 11.6 Å². The largest absolute Gasteiger partial charge is 0.500 e. The number of amides is 2. The number of nitrogens with one attached hydrogen (secondary N) is 2. The number of aryl methyl sites for hydroxylation is 1. The minimum atomic E-state index is -4.63. The summed E-state index contributed by atoms with van der Waals surface area (Å²) < 4.78 is 47.5. The number of hydrogen-bond acceptors (Lipinski definition) is 8. The van der Waals surface area contributed by atoms with Crippen LogP contribution in [0, 0.1) is 6.92 Å². The fourth-order valence-corrected chi connectivity index (χ4v) is 4.96. The van der Waals surface area contributed by atoms with Crippen molar-refractivity contribution in [1.82, 2.24) is 15.2 Å². The van der Waals surface area contributed by atoms with E-state index < -0.39 is 17.7 Å². The van der Waals surface area contributed by atoms with E-state index in [0.29, 0.717) is 34.9 Å². The first kappa shape index (κ1) is 32.3. The minimum Gasteiger partial charge on any atom is -0.500 e. The number of aromatic nitrogens is 1. The number of likely N-dealkylation sites (tertiary alicyclic amines) is 1. The predicted octanol–water partition coefficient (Wildman–Crippen LogP) is 4.49. The van der Waals surface area contributed by atoms with E-state index in [4.69, 9.17) is 16.3 Å². The Labute approximate surface area is 253 Å². The molecule has 44 heavy (non-hydrogen) atoms. The average Bonchev–Trinajstić information content (AvgIpc) is 3.40. The highest BCUT2D eigenvalue weighted by molar-refractivity contribution is 5.96. The molecule has 2 aliphatic rings. The van der Waals surface area contributed by atoms with Crippen molar-refractivity contribution in [3.05, 3.63) is 94.2 Å². The Morgan fingerprint density at radius 3 is 2.43 bits per heavy atom. The van der Waals surface area contributed by atoms with Crippen LogP contribution in [0.15, 0.2) is 77.5 Å². The molecule has 0 radical (unpaired) electrons. The smallest absolute Gasteiger partial charge is 0.416 e. The SMILES string of the molecule is COC1=C(CN2CCCC2)C=C(C(F)(F)F)C=C(NC(=O)c2ccc(C)c(N(N)/C=C(\N)c3ccc(NC(C)=O)nc3)c2)C1. The van der Waals surface area contributed by atoms with Gasteiger partial charge in [0.25, 0.3) is 5.91 Å². The molecule has 0 spiro atoms. The van der Waals surface area contributed by atoms with E-state index in [1.807, 2.05) is 0 Å². The first-order chi connectivity index (χ1) is 20.8. The van der Waals surface area contributed by atoms with Gasteiger partial charge in [-0.1, -0.05) is 6.07 Å². The highest BCUT2D eigenvalue weighted by atomic mass is 19.4. The summed E-state index contributed by atoms with van der Waals surface area (Å²) in [6.07, 6.45) is 2.33. The van der Waals surface area contributed by atoms with Crippen LogP contribution in [0.25, 0.3) is 5.70 Å². The van der Waals surface area contributed by atoms with Crippen molar-refractivity contribution in [1.29, 1.82) is 0 Å². The van der Waals surface area contributed by atoms with E-state index in [0.717, 1.165) is 43.6 Å². The fourth-order valence-electron chi connectivity index (χ4n) is 4.96. The van der Waals surface area contributed by atoms with E-state index in [1.165, 1.54) is 37.5 Å². The topological polar surface area (TPSA) is 139 Å². The number of benzene rings is 1. The molecule has 1 saturated heterocycles. The molecule has 1 aliphatic heterocycles. The molecule has 0 bridgehead atoms. The zero-order valence-corrected chi connectivity index (χ0v) is 24.8. The van der Waals surface area contributed by atoms with E-state index >= 15 is 0 Å². The summed E-state index contributed by atoms with van der Waals surface area (Å²) >= 11 is 0. The monoisotopic (exact) mass is 611 g/mol. The van der Waals surface area contributed by atoms with E-state index in [1.54, 1.807) is 31.2 Å². The summed E-state index contributed by atoms with van der Waals surface area (Å²) in [6, 6.07) is 8.02. The molecule has 1 fully saturated rings. The Morgan fingerprint density at radius 2 is 1.82 bits per heavy atom. The first-order valence-electron chi connectivity index (χ1n) is 14.0. The number of carbonyl (C=O) groups is 2. The maximum Gasteiger partial charge on any atom is 0.416 e. The molecule has 1 aliphatic carbocycles. The van der Waals surface area contributed by atoms with Crippen LogP contribution in [0.4, 0.5) is 24.7 Å². The van der Waals surface area contributed by atoms with Gasteiger partial charge in [-0.05, 0) is 74.8 Å². The van der Waals surface area contributed by atoms with Crippen LogP contribution in [-0.2, 0) is 9.53 Å². The normalized spacial score (nSPS) is 16.2. The predicted molar refractivity (Wildman–Crippen MR) is 163 cm³/mol. The molecule has 234 valence electrons. The second-order valence-corrected chi connectivity index (χ2v) is 10.6. The van der Waals surface area contributed by atoms with Gasteiger partial charge in [-0.15, -0.1) is 0 Å². The summed E-state index contributed by atoms with van der Waals surface area (Å²) in [6.45, 7) is 5.11. The maximum absolute atomic E-state index is 14.0. The molecule has 0 unspecified atom stereocenters. The molecule has 6 N–H and O–H groups in total. The number of rotatable bonds is 9. The summed E-state index contributed by atoms with van der Waals surface area (Å²) in [7, 11) is 1.42. The number of nitrogens with zero attached hydrogens (tertiary/aromatic N) is 3. The van der Waals surface area contributed by atoms with Crippen molar-refractivity contribution >= 4 is 29.0 Å². The van der Waals surface area contributed by atoms with Crippen molar-refractivity contribution in [2.75, 3.05) is 37.1 Å². The number of nitrogens with two attached hydrogens (primary N) is 2. The number of pyridine rings is 1. The number of methoxy groups -OCH3 is 1. The highest BCUT2D eigenvalue weighted by Gasteiger charge is 2.35.